The van der Waals surface area contributed by atoms with Gasteiger partial charge in [-0.05, 0) is 13.8 Å². The van der Waals surface area contributed by atoms with Crippen molar-refractivity contribution in [2.75, 3.05) is 7.11 Å². The normalized spacial score (nSPS) is 13.0. The number of rotatable bonds is 3. The molecule has 0 radical (unpaired) electrons. The van der Waals surface area contributed by atoms with Crippen LogP contribution in [0, 0.1) is 0 Å². The average molecular weight is 143 g/mol. The first-order valence-electron chi connectivity index (χ1n) is 3.24. The number of nitrogens with zero attached hydrogens (tertiary/aromatic N) is 1. The third-order valence-electron chi connectivity index (χ3n) is 1.08. The first-order valence-corrected chi connectivity index (χ1v) is 3.24. The van der Waals surface area contributed by atoms with Gasteiger partial charge in [-0.15, -0.1) is 0 Å². The van der Waals surface area contributed by atoms with E-state index in [2.05, 4.69) is 13.8 Å². The number of nitrogens with two attached hydrogens (primary N) is 1. The molecule has 0 aliphatic rings. The zero-order valence-electron chi connectivity index (χ0n) is 6.74. The van der Waals surface area contributed by atoms with E-state index in [0.29, 0.717) is 6.04 Å². The third kappa shape index (κ3) is 3.12. The Hall–Kier alpha value is -0.990. The molecule has 0 amide bonds. The summed E-state index contributed by atoms with van der Waals surface area (Å²) >= 11 is 0. The molecule has 0 aromatic carbocycles. The second-order valence-electron chi connectivity index (χ2n) is 2.22. The van der Waals surface area contributed by atoms with Crippen LogP contribution in [-0.2, 0) is 4.74 Å². The van der Waals surface area contributed by atoms with Gasteiger partial charge in [-0.1, -0.05) is 0 Å². The van der Waals surface area contributed by atoms with Crippen LogP contribution in [0.4, 0.5) is 0 Å². The molecule has 0 heterocycles. The van der Waals surface area contributed by atoms with Crippen molar-refractivity contribution < 1.29 is 9.31 Å². The number of ether oxygens (including phenoxy) is 1. The summed E-state index contributed by atoms with van der Waals surface area (Å²) in [4.78, 5) is 0. The maximum Gasteiger partial charge on any atom is 0.329 e. The molecule has 3 heteroatoms. The van der Waals surface area contributed by atoms with Gasteiger partial charge >= 0.3 is 6.40 Å². The molecular weight excluding hydrogens is 128 g/mol. The van der Waals surface area contributed by atoms with E-state index in [-0.39, 0.29) is 0 Å². The number of methoxy groups -OCH3 is 1. The van der Waals surface area contributed by atoms with Crippen molar-refractivity contribution in [1.82, 2.24) is 0 Å². The molecule has 0 bridgehead atoms. The highest BCUT2D eigenvalue weighted by Gasteiger charge is 2.03. The van der Waals surface area contributed by atoms with Crippen LogP contribution in [0.15, 0.2) is 12.4 Å². The Labute approximate surface area is 61.8 Å². The van der Waals surface area contributed by atoms with Gasteiger partial charge in [-0.2, -0.15) is 4.58 Å². The average Bonchev–Trinajstić information content (AvgIpc) is 1.87. The van der Waals surface area contributed by atoms with Gasteiger partial charge in [0, 0.05) is 0 Å². The van der Waals surface area contributed by atoms with Gasteiger partial charge in [-0.25, -0.2) is 0 Å². The number of hydrogen-bond donors (Lipinski definition) is 1. The van der Waals surface area contributed by atoms with Gasteiger partial charge in [-0.3, -0.25) is 0 Å². The Morgan fingerprint density at radius 1 is 1.50 bits per heavy atom. The second-order valence-corrected chi connectivity index (χ2v) is 2.22. The Morgan fingerprint density at radius 3 is 2.40 bits per heavy atom. The third-order valence-corrected chi connectivity index (χ3v) is 1.08. The highest BCUT2D eigenvalue weighted by molar-refractivity contribution is 5.39. The van der Waals surface area contributed by atoms with Crippen LogP contribution in [-0.4, -0.2) is 24.1 Å². The molecule has 0 aromatic heterocycles. The van der Waals surface area contributed by atoms with Crippen molar-refractivity contribution in [1.29, 1.82) is 0 Å². The van der Waals surface area contributed by atoms with Gasteiger partial charge in [0.25, 0.3) is 0 Å². The molecule has 10 heavy (non-hydrogen) atoms. The lowest BCUT2D eigenvalue weighted by Gasteiger charge is -1.98. The molecule has 0 spiro atoms. The summed E-state index contributed by atoms with van der Waals surface area (Å²) in [6, 6.07) is 0.375. The maximum absolute atomic E-state index is 5.20. The first kappa shape index (κ1) is 9.01. The molecule has 0 fully saturated rings. The monoisotopic (exact) mass is 143 g/mol. The van der Waals surface area contributed by atoms with Crippen molar-refractivity contribution in [2.45, 2.75) is 19.9 Å². The topological polar surface area (TPSA) is 38.3 Å². The van der Waals surface area contributed by atoms with Gasteiger partial charge in [0.05, 0.1) is 13.3 Å². The highest BCUT2D eigenvalue weighted by Crippen LogP contribution is 1.87. The van der Waals surface area contributed by atoms with Crippen LogP contribution in [0.3, 0.4) is 0 Å². The predicted molar refractivity (Wildman–Crippen MR) is 41.8 cm³/mol. The van der Waals surface area contributed by atoms with Crippen molar-refractivity contribution in [3.05, 3.63) is 12.4 Å². The van der Waals surface area contributed by atoms with Gasteiger partial charge in [0.2, 0.25) is 0 Å². The maximum atomic E-state index is 5.20. The lowest BCUT2D eigenvalue weighted by Crippen LogP contribution is -2.16. The van der Waals surface area contributed by atoms with E-state index in [9.17, 15) is 0 Å². The van der Waals surface area contributed by atoms with Crippen LogP contribution in [0.5, 0.6) is 0 Å². The van der Waals surface area contributed by atoms with Crippen LogP contribution in [0.2, 0.25) is 0 Å². The van der Waals surface area contributed by atoms with Crippen molar-refractivity contribution in [3.63, 3.8) is 0 Å². The summed E-state index contributed by atoms with van der Waals surface area (Å²) in [5, 5.41) is 0. The summed E-state index contributed by atoms with van der Waals surface area (Å²) in [6.45, 7) is 4.10. The summed E-state index contributed by atoms with van der Waals surface area (Å²) in [6.07, 6.45) is 4.86. The molecule has 0 aliphatic carbocycles. The SMILES string of the molecule is COC=[N+](/C=C\N)C(C)C. The molecule has 0 aliphatic heterocycles. The zero-order valence-corrected chi connectivity index (χ0v) is 6.74. The standard InChI is InChI=1S/C7H15N2O/c1-7(2)9(5-4-8)6-10-3/h4-7H,8H2,1-3H3/q+1/b5-4-,9-6?. The molecule has 0 saturated heterocycles. The van der Waals surface area contributed by atoms with Crippen LogP contribution in [0.25, 0.3) is 0 Å². The lowest BCUT2D eigenvalue weighted by atomic mass is 10.4. The van der Waals surface area contributed by atoms with E-state index in [1.807, 2.05) is 4.58 Å². The van der Waals surface area contributed by atoms with Gasteiger partial charge in [0.15, 0.2) is 12.2 Å². The van der Waals surface area contributed by atoms with E-state index in [1.165, 1.54) is 6.20 Å². The van der Waals surface area contributed by atoms with Crippen molar-refractivity contribution in [3.8, 4) is 0 Å². The zero-order chi connectivity index (χ0) is 7.98. The summed E-state index contributed by atoms with van der Waals surface area (Å²) in [5.74, 6) is 0. The second kappa shape index (κ2) is 4.85. The molecule has 2 N–H and O–H groups in total. The van der Waals surface area contributed by atoms with E-state index < -0.39 is 0 Å². The summed E-state index contributed by atoms with van der Waals surface area (Å²) < 4.78 is 6.69. The van der Waals surface area contributed by atoms with Gasteiger partial charge in [0.1, 0.15) is 0 Å². The highest BCUT2D eigenvalue weighted by atomic mass is 16.5. The molecular formula is C7H15N2O+. The van der Waals surface area contributed by atoms with E-state index >= 15 is 0 Å². The Balaban J connectivity index is 4.11. The minimum atomic E-state index is 0.375. The Kier molecular flexibility index (Phi) is 4.37. The number of hydrogen-bond acceptors (Lipinski definition) is 2. The van der Waals surface area contributed by atoms with Crippen LogP contribution < -0.4 is 5.73 Å². The van der Waals surface area contributed by atoms with E-state index in [1.54, 1.807) is 19.7 Å². The molecule has 0 rings (SSSR count). The molecule has 0 unspecified atom stereocenters. The van der Waals surface area contributed by atoms with E-state index in [0.717, 1.165) is 0 Å². The van der Waals surface area contributed by atoms with Crippen LogP contribution in [0.1, 0.15) is 13.8 Å². The minimum absolute atomic E-state index is 0.375. The lowest BCUT2D eigenvalue weighted by molar-refractivity contribution is -0.494. The van der Waals surface area contributed by atoms with Crippen molar-refractivity contribution >= 4 is 6.40 Å². The molecule has 3 nitrogen and oxygen atoms in total. The molecule has 0 saturated carbocycles. The fraction of sp³-hybridized carbons (Fsp3) is 0.571. The largest absolute Gasteiger partial charge is 0.453 e. The van der Waals surface area contributed by atoms with Crippen molar-refractivity contribution in [2.24, 2.45) is 5.73 Å². The minimum Gasteiger partial charge on any atom is -0.453 e. The smallest absolute Gasteiger partial charge is 0.329 e. The molecule has 0 aromatic rings. The fourth-order valence-electron chi connectivity index (χ4n) is 0.550. The molecule has 0 atom stereocenters. The Morgan fingerprint density at radius 2 is 2.10 bits per heavy atom. The Bertz CT molecular complexity index is 139. The predicted octanol–water partition coefficient (Wildman–Crippen LogP) is 0.512. The fourth-order valence-corrected chi connectivity index (χ4v) is 0.550. The first-order chi connectivity index (χ1) is 4.72. The quantitative estimate of drug-likeness (QED) is 0.355. The van der Waals surface area contributed by atoms with E-state index in [4.69, 9.17) is 10.5 Å². The summed E-state index contributed by atoms with van der Waals surface area (Å²) in [5.41, 5.74) is 5.20. The molecule has 58 valence electrons. The van der Waals surface area contributed by atoms with Crippen LogP contribution >= 0.6 is 0 Å². The summed E-state index contributed by atoms with van der Waals surface area (Å²) in [7, 11) is 1.61. The van der Waals surface area contributed by atoms with Gasteiger partial charge < -0.3 is 10.5 Å².